The molecule has 0 unspecified atom stereocenters. The van der Waals surface area contributed by atoms with Crippen molar-refractivity contribution in [2.24, 2.45) is 7.05 Å². The fourth-order valence-electron chi connectivity index (χ4n) is 1.72. The second-order valence-corrected chi connectivity index (χ2v) is 6.13. The van der Waals surface area contributed by atoms with Crippen molar-refractivity contribution in [2.75, 3.05) is 0 Å². The number of carbonyl (C=O) groups excluding carboxylic acids is 1. The van der Waals surface area contributed by atoms with Crippen molar-refractivity contribution in [3.05, 3.63) is 22.4 Å². The summed E-state index contributed by atoms with van der Waals surface area (Å²) in [7, 11) is 1.88. The second-order valence-electron chi connectivity index (χ2n) is 4.45. The predicted molar refractivity (Wildman–Crippen MR) is 78.1 cm³/mol. The SMILES string of the molecule is Cc1c(/C=C2\SC(=S)N(C(C)C)C2=O)cnn1C. The van der Waals surface area contributed by atoms with E-state index in [-0.39, 0.29) is 11.9 Å². The molecule has 0 atom stereocenters. The van der Waals surface area contributed by atoms with E-state index in [1.807, 2.05) is 33.9 Å². The maximum atomic E-state index is 12.2. The van der Waals surface area contributed by atoms with Crippen LogP contribution in [-0.2, 0) is 11.8 Å². The van der Waals surface area contributed by atoms with Crippen LogP contribution in [0.25, 0.3) is 6.08 Å². The van der Waals surface area contributed by atoms with Gasteiger partial charge in [-0.15, -0.1) is 0 Å². The molecule has 2 heterocycles. The number of aryl methyl sites for hydroxylation is 1. The van der Waals surface area contributed by atoms with Gasteiger partial charge in [0.05, 0.1) is 11.1 Å². The lowest BCUT2D eigenvalue weighted by molar-refractivity contribution is -0.123. The van der Waals surface area contributed by atoms with Crippen molar-refractivity contribution in [3.8, 4) is 0 Å². The summed E-state index contributed by atoms with van der Waals surface area (Å²) < 4.78 is 2.41. The van der Waals surface area contributed by atoms with Crippen LogP contribution < -0.4 is 0 Å². The number of aromatic nitrogens is 2. The van der Waals surface area contributed by atoms with Gasteiger partial charge in [-0.2, -0.15) is 5.10 Å². The molecular weight excluding hydrogens is 266 g/mol. The quantitative estimate of drug-likeness (QED) is 0.616. The minimum atomic E-state index is -0.0109. The average molecular weight is 281 g/mol. The Morgan fingerprint density at radius 1 is 1.50 bits per heavy atom. The van der Waals surface area contributed by atoms with Crippen molar-refractivity contribution in [2.45, 2.75) is 26.8 Å². The first-order chi connectivity index (χ1) is 8.41. The van der Waals surface area contributed by atoms with Crippen molar-refractivity contribution < 1.29 is 4.79 Å². The highest BCUT2D eigenvalue weighted by Crippen LogP contribution is 2.34. The van der Waals surface area contributed by atoms with Crippen LogP contribution in [0.2, 0.25) is 0 Å². The van der Waals surface area contributed by atoms with Gasteiger partial charge in [-0.05, 0) is 26.8 Å². The first kappa shape index (κ1) is 13.3. The molecule has 6 heteroatoms. The molecule has 4 nitrogen and oxygen atoms in total. The number of rotatable bonds is 2. The summed E-state index contributed by atoms with van der Waals surface area (Å²) in [5.74, 6) is -0.0109. The summed E-state index contributed by atoms with van der Waals surface area (Å²) in [6, 6.07) is 0.0957. The molecule has 0 spiro atoms. The zero-order valence-electron chi connectivity index (χ0n) is 10.8. The van der Waals surface area contributed by atoms with E-state index in [9.17, 15) is 4.79 Å². The van der Waals surface area contributed by atoms with Crippen LogP contribution in [0.3, 0.4) is 0 Å². The standard InChI is InChI=1S/C12H15N3OS2/c1-7(2)15-11(16)10(18-12(15)17)5-9-6-13-14(4)8(9)3/h5-7H,1-4H3/b10-5-. The predicted octanol–water partition coefficient (Wildman–Crippen LogP) is 2.34. The molecule has 1 aliphatic rings. The Morgan fingerprint density at radius 2 is 2.17 bits per heavy atom. The molecule has 1 aromatic rings. The molecule has 1 amide bonds. The van der Waals surface area contributed by atoms with Crippen LogP contribution >= 0.6 is 24.0 Å². The second kappa shape index (κ2) is 4.85. The van der Waals surface area contributed by atoms with Crippen LogP contribution in [0.5, 0.6) is 0 Å². The highest BCUT2D eigenvalue weighted by molar-refractivity contribution is 8.26. The lowest BCUT2D eigenvalue weighted by Gasteiger charge is -2.18. The van der Waals surface area contributed by atoms with E-state index in [1.54, 1.807) is 15.8 Å². The summed E-state index contributed by atoms with van der Waals surface area (Å²) in [5, 5.41) is 4.16. The summed E-state index contributed by atoms with van der Waals surface area (Å²) in [4.78, 5) is 14.5. The van der Waals surface area contributed by atoms with Gasteiger partial charge in [-0.3, -0.25) is 14.4 Å². The lowest BCUT2D eigenvalue weighted by Crippen LogP contribution is -2.34. The van der Waals surface area contributed by atoms with E-state index in [0.29, 0.717) is 9.23 Å². The van der Waals surface area contributed by atoms with Gasteiger partial charge in [0.1, 0.15) is 4.32 Å². The molecule has 96 valence electrons. The number of thioether (sulfide) groups is 1. The molecule has 2 rings (SSSR count). The molecule has 0 radical (unpaired) electrons. The number of amides is 1. The van der Waals surface area contributed by atoms with Crippen LogP contribution in [-0.4, -0.2) is 30.9 Å². The number of hydrogen-bond acceptors (Lipinski definition) is 4. The Labute approximate surface area is 116 Å². The van der Waals surface area contributed by atoms with E-state index in [1.165, 1.54) is 11.8 Å². The highest BCUT2D eigenvalue weighted by atomic mass is 32.2. The molecule has 0 N–H and O–H groups in total. The fraction of sp³-hybridized carbons (Fsp3) is 0.417. The van der Waals surface area contributed by atoms with E-state index in [4.69, 9.17) is 12.2 Å². The van der Waals surface area contributed by atoms with Gasteiger partial charge in [0.25, 0.3) is 5.91 Å². The number of carbonyl (C=O) groups is 1. The third-order valence-electron chi connectivity index (χ3n) is 2.90. The van der Waals surface area contributed by atoms with Gasteiger partial charge in [0, 0.05) is 24.3 Å². The van der Waals surface area contributed by atoms with Crippen LogP contribution in [0.15, 0.2) is 11.1 Å². The van der Waals surface area contributed by atoms with Gasteiger partial charge in [-0.1, -0.05) is 24.0 Å². The minimum Gasteiger partial charge on any atom is -0.290 e. The highest BCUT2D eigenvalue weighted by Gasteiger charge is 2.33. The van der Waals surface area contributed by atoms with Gasteiger partial charge < -0.3 is 0 Å². The van der Waals surface area contributed by atoms with Gasteiger partial charge >= 0.3 is 0 Å². The molecular formula is C12H15N3OS2. The number of nitrogens with zero attached hydrogens (tertiary/aromatic N) is 3. The monoisotopic (exact) mass is 281 g/mol. The zero-order valence-corrected chi connectivity index (χ0v) is 12.4. The Bertz CT molecular complexity index is 546. The molecule has 0 bridgehead atoms. The van der Waals surface area contributed by atoms with Gasteiger partial charge in [0.2, 0.25) is 0 Å². The Morgan fingerprint density at radius 3 is 2.61 bits per heavy atom. The third-order valence-corrected chi connectivity index (χ3v) is 4.23. The molecule has 1 aliphatic heterocycles. The minimum absolute atomic E-state index is 0.0109. The molecule has 0 saturated carbocycles. The maximum Gasteiger partial charge on any atom is 0.266 e. The van der Waals surface area contributed by atoms with Crippen LogP contribution in [0, 0.1) is 6.92 Å². The van der Waals surface area contributed by atoms with Crippen molar-refractivity contribution >= 4 is 40.3 Å². The fourth-order valence-corrected chi connectivity index (χ4v) is 3.24. The number of hydrogen-bond donors (Lipinski definition) is 0. The maximum absolute atomic E-state index is 12.2. The van der Waals surface area contributed by atoms with Gasteiger partial charge in [-0.25, -0.2) is 0 Å². The Hall–Kier alpha value is -1.14. The molecule has 1 fully saturated rings. The molecule has 0 aliphatic carbocycles. The topological polar surface area (TPSA) is 38.1 Å². The van der Waals surface area contributed by atoms with E-state index < -0.39 is 0 Å². The molecule has 1 aromatic heterocycles. The largest absolute Gasteiger partial charge is 0.290 e. The molecule has 0 aromatic carbocycles. The van der Waals surface area contributed by atoms with Crippen molar-refractivity contribution in [3.63, 3.8) is 0 Å². The summed E-state index contributed by atoms with van der Waals surface area (Å²) >= 11 is 6.59. The average Bonchev–Trinajstić information content (AvgIpc) is 2.73. The normalized spacial score (nSPS) is 18.5. The lowest BCUT2D eigenvalue weighted by atomic mass is 10.2. The first-order valence-corrected chi connectivity index (χ1v) is 6.90. The van der Waals surface area contributed by atoms with E-state index in [0.717, 1.165) is 11.3 Å². The third kappa shape index (κ3) is 2.22. The van der Waals surface area contributed by atoms with Crippen LogP contribution in [0.1, 0.15) is 25.1 Å². The summed E-state index contributed by atoms with van der Waals surface area (Å²) in [6.07, 6.45) is 3.63. The Kier molecular flexibility index (Phi) is 3.59. The number of thiocarbonyl (C=S) groups is 1. The zero-order chi connectivity index (χ0) is 13.4. The van der Waals surface area contributed by atoms with Crippen molar-refractivity contribution in [1.29, 1.82) is 0 Å². The van der Waals surface area contributed by atoms with Crippen molar-refractivity contribution in [1.82, 2.24) is 14.7 Å². The summed E-state index contributed by atoms with van der Waals surface area (Å²) in [6.45, 7) is 5.90. The van der Waals surface area contributed by atoms with Gasteiger partial charge in [0.15, 0.2) is 0 Å². The Balaban J connectivity index is 2.34. The van der Waals surface area contributed by atoms with Crippen LogP contribution in [0.4, 0.5) is 0 Å². The molecule has 1 saturated heterocycles. The smallest absolute Gasteiger partial charge is 0.266 e. The summed E-state index contributed by atoms with van der Waals surface area (Å²) in [5.41, 5.74) is 1.99. The first-order valence-electron chi connectivity index (χ1n) is 5.67. The van der Waals surface area contributed by atoms with E-state index in [2.05, 4.69) is 5.10 Å². The van der Waals surface area contributed by atoms with E-state index >= 15 is 0 Å². The molecule has 18 heavy (non-hydrogen) atoms.